The van der Waals surface area contributed by atoms with Crippen LogP contribution in [0, 0.1) is 10.8 Å². The minimum Gasteiger partial charge on any atom is -0.511 e. The van der Waals surface area contributed by atoms with E-state index >= 15 is 0 Å². The van der Waals surface area contributed by atoms with Crippen LogP contribution in [0.4, 0.5) is 0 Å². The summed E-state index contributed by atoms with van der Waals surface area (Å²) >= 11 is 0. The summed E-state index contributed by atoms with van der Waals surface area (Å²) in [7, 11) is 0. The van der Waals surface area contributed by atoms with Crippen LogP contribution in [0.15, 0.2) is 23.0 Å². The molecule has 0 spiro atoms. The van der Waals surface area contributed by atoms with Crippen molar-refractivity contribution in [2.24, 2.45) is 10.8 Å². The molecule has 0 saturated carbocycles. The van der Waals surface area contributed by atoms with Crippen LogP contribution in [-0.4, -0.2) is 16.7 Å². The summed E-state index contributed by atoms with van der Waals surface area (Å²) in [5, 5.41) is 10.1. The van der Waals surface area contributed by atoms with Gasteiger partial charge in [0, 0.05) is 0 Å². The van der Waals surface area contributed by atoms with Crippen molar-refractivity contribution in [3.63, 3.8) is 0 Å². The highest BCUT2D eigenvalue weighted by molar-refractivity contribution is 6.20. The summed E-state index contributed by atoms with van der Waals surface area (Å²) in [5.74, 6) is -0.660. The molecule has 94 valence electrons. The maximum absolute atomic E-state index is 12.2. The summed E-state index contributed by atoms with van der Waals surface area (Å²) in [4.78, 5) is 24.4. The Morgan fingerprint density at radius 3 is 1.94 bits per heavy atom. The highest BCUT2D eigenvalue weighted by atomic mass is 16.3. The Kier molecular flexibility index (Phi) is 3.08. The maximum atomic E-state index is 12.2. The number of ketones is 2. The molecule has 0 amide bonds. The molecule has 3 heteroatoms. The van der Waals surface area contributed by atoms with Gasteiger partial charge in [-0.15, -0.1) is 0 Å². The van der Waals surface area contributed by atoms with Crippen molar-refractivity contribution < 1.29 is 14.7 Å². The Balaban J connectivity index is 3.56. The number of aliphatic hydroxyl groups excluding tert-OH is 1. The lowest BCUT2D eigenvalue weighted by atomic mass is 9.68. The molecule has 0 radical (unpaired) electrons. The van der Waals surface area contributed by atoms with E-state index in [1.54, 1.807) is 33.8 Å². The molecule has 1 rings (SSSR count). The number of rotatable bonds is 1. The Labute approximate surface area is 102 Å². The van der Waals surface area contributed by atoms with Gasteiger partial charge in [0.05, 0.1) is 16.4 Å². The van der Waals surface area contributed by atoms with E-state index in [9.17, 15) is 14.7 Å². The summed E-state index contributed by atoms with van der Waals surface area (Å²) in [6.45, 7) is 10.2. The summed E-state index contributed by atoms with van der Waals surface area (Å²) in [5.41, 5.74) is -0.893. The number of Topliss-reactive ketones (excluding diaryl/α,β-unsaturated/α-hetero) is 2. The Hall–Kier alpha value is -1.38. The SMILES string of the molecule is CC(C)=C[13C]1=C(O)C(C)(C)C(=O)C(C)(C)C1=O. The molecule has 3 nitrogen and oxygen atoms in total. The molecule has 0 aliphatic heterocycles. The van der Waals surface area contributed by atoms with Crippen molar-refractivity contribution in [3.8, 4) is 0 Å². The third kappa shape index (κ3) is 1.94. The molecular formula is C14H20O3. The smallest absolute Gasteiger partial charge is 0.179 e. The second-order valence-electron chi connectivity index (χ2n) is 5.89. The fraction of sp³-hybridized carbons (Fsp3) is 0.571. The highest BCUT2D eigenvalue weighted by Gasteiger charge is 2.52. The van der Waals surface area contributed by atoms with Crippen molar-refractivity contribution in [3.05, 3.63) is 23.0 Å². The second kappa shape index (κ2) is 3.83. The zero-order chi connectivity index (χ0) is 13.6. The molecule has 17 heavy (non-hydrogen) atoms. The minimum absolute atomic E-state index is 0.118. The van der Waals surface area contributed by atoms with Crippen LogP contribution in [0.1, 0.15) is 41.5 Å². The van der Waals surface area contributed by atoms with Gasteiger partial charge in [0.2, 0.25) is 0 Å². The average Bonchev–Trinajstić information content (AvgIpc) is 2.20. The van der Waals surface area contributed by atoms with Crippen molar-refractivity contribution in [1.29, 1.82) is 0 Å². The first-order valence-corrected chi connectivity index (χ1v) is 5.71. The largest absolute Gasteiger partial charge is 0.511 e. The molecule has 0 aromatic rings. The molecule has 0 fully saturated rings. The van der Waals surface area contributed by atoms with Gasteiger partial charge in [-0.25, -0.2) is 0 Å². The molecule has 0 atom stereocenters. The van der Waals surface area contributed by atoms with Gasteiger partial charge in [-0.05, 0) is 47.6 Å². The third-order valence-electron chi connectivity index (χ3n) is 3.23. The number of aliphatic hydroxyl groups is 1. The first-order valence-electron chi connectivity index (χ1n) is 5.71. The summed E-state index contributed by atoms with van der Waals surface area (Å²) in [6, 6.07) is 0. The van der Waals surface area contributed by atoms with Gasteiger partial charge >= 0.3 is 0 Å². The lowest BCUT2D eigenvalue weighted by molar-refractivity contribution is -0.144. The molecule has 1 N–H and O–H groups in total. The van der Waals surface area contributed by atoms with Crippen molar-refractivity contribution >= 4 is 11.6 Å². The predicted molar refractivity (Wildman–Crippen MR) is 66.7 cm³/mol. The number of hydrogen-bond donors (Lipinski definition) is 1. The Morgan fingerprint density at radius 2 is 1.53 bits per heavy atom. The fourth-order valence-electron chi connectivity index (χ4n) is 2.20. The number of hydrogen-bond acceptors (Lipinski definition) is 3. The monoisotopic (exact) mass is 237 g/mol. The van der Waals surface area contributed by atoms with E-state index in [-0.39, 0.29) is 22.9 Å². The summed E-state index contributed by atoms with van der Waals surface area (Å²) < 4.78 is 0. The zero-order valence-corrected chi connectivity index (χ0v) is 11.3. The van der Waals surface area contributed by atoms with Gasteiger partial charge in [0.25, 0.3) is 0 Å². The van der Waals surface area contributed by atoms with E-state index < -0.39 is 10.8 Å². The molecule has 0 aromatic heterocycles. The Morgan fingerprint density at radius 1 is 1.06 bits per heavy atom. The van der Waals surface area contributed by atoms with E-state index in [0.717, 1.165) is 5.57 Å². The van der Waals surface area contributed by atoms with Gasteiger partial charge in [-0.3, -0.25) is 9.59 Å². The summed E-state index contributed by atoms with van der Waals surface area (Å²) in [6.07, 6.45) is 1.65. The van der Waals surface area contributed by atoms with Crippen LogP contribution < -0.4 is 0 Å². The van der Waals surface area contributed by atoms with Crippen LogP contribution in [-0.2, 0) is 9.59 Å². The fourth-order valence-corrected chi connectivity index (χ4v) is 2.20. The maximum Gasteiger partial charge on any atom is 0.179 e. The lowest BCUT2D eigenvalue weighted by Gasteiger charge is -2.37. The molecular weight excluding hydrogens is 217 g/mol. The van der Waals surface area contributed by atoms with Crippen LogP contribution in [0.5, 0.6) is 0 Å². The number of carbonyl (C=O) groups excluding carboxylic acids is 2. The van der Waals surface area contributed by atoms with Gasteiger partial charge in [-0.1, -0.05) is 5.57 Å². The van der Waals surface area contributed by atoms with E-state index in [1.807, 2.05) is 13.8 Å². The molecule has 0 bridgehead atoms. The van der Waals surface area contributed by atoms with Crippen LogP contribution in [0.2, 0.25) is 0 Å². The van der Waals surface area contributed by atoms with E-state index in [4.69, 9.17) is 0 Å². The second-order valence-corrected chi connectivity index (χ2v) is 5.89. The van der Waals surface area contributed by atoms with E-state index in [2.05, 4.69) is 0 Å². The first-order chi connectivity index (χ1) is 7.52. The predicted octanol–water partition coefficient (Wildman–Crippen LogP) is 2.97. The van der Waals surface area contributed by atoms with Crippen molar-refractivity contribution in [2.75, 3.05) is 0 Å². The topological polar surface area (TPSA) is 54.4 Å². The lowest BCUT2D eigenvalue weighted by Crippen LogP contribution is -2.48. The third-order valence-corrected chi connectivity index (χ3v) is 3.23. The first kappa shape index (κ1) is 13.7. The van der Waals surface area contributed by atoms with E-state index in [0.29, 0.717) is 0 Å². The van der Waals surface area contributed by atoms with Crippen LogP contribution >= 0.6 is 0 Å². The highest BCUT2D eigenvalue weighted by Crippen LogP contribution is 2.43. The normalized spacial score (nSPS) is 22.7. The van der Waals surface area contributed by atoms with Gasteiger partial charge in [-0.2, -0.15) is 0 Å². The molecule has 0 saturated heterocycles. The van der Waals surface area contributed by atoms with Crippen LogP contribution in [0.25, 0.3) is 0 Å². The zero-order valence-electron chi connectivity index (χ0n) is 11.3. The Bertz CT molecular complexity index is 444. The number of carbonyl (C=O) groups is 2. The average molecular weight is 237 g/mol. The van der Waals surface area contributed by atoms with Crippen LogP contribution in [0.3, 0.4) is 0 Å². The van der Waals surface area contributed by atoms with Crippen molar-refractivity contribution in [2.45, 2.75) is 41.5 Å². The van der Waals surface area contributed by atoms with E-state index in [1.165, 1.54) is 0 Å². The van der Waals surface area contributed by atoms with Crippen molar-refractivity contribution in [1.82, 2.24) is 0 Å². The van der Waals surface area contributed by atoms with Gasteiger partial charge in [0.15, 0.2) is 11.6 Å². The molecule has 0 aromatic carbocycles. The standard InChI is InChI=1S/C14H20O3/c1-8(2)7-9-10(15)13(3,4)12(17)14(5,6)11(9)16/h7,15H,1-6H3/i9+1. The molecule has 0 heterocycles. The van der Waals surface area contributed by atoms with Gasteiger partial charge in [0.1, 0.15) is 5.76 Å². The molecule has 1 aliphatic carbocycles. The minimum atomic E-state index is -1.07. The molecule has 0 unspecified atom stereocenters. The number of allylic oxidation sites excluding steroid dienone is 4. The molecule has 1 aliphatic rings. The van der Waals surface area contributed by atoms with Gasteiger partial charge < -0.3 is 5.11 Å². The quantitative estimate of drug-likeness (QED) is 0.563.